The second-order valence-corrected chi connectivity index (χ2v) is 4.84. The highest BCUT2D eigenvalue weighted by molar-refractivity contribution is 6.31. The van der Waals surface area contributed by atoms with Crippen molar-refractivity contribution in [1.29, 1.82) is 0 Å². The summed E-state index contributed by atoms with van der Waals surface area (Å²) < 4.78 is 0. The molecule has 1 amide bonds. The molecule has 0 unspecified atom stereocenters. The molecule has 2 rings (SSSR count). The summed E-state index contributed by atoms with van der Waals surface area (Å²) in [5, 5.41) is 6.81. The Balaban J connectivity index is 2.02. The maximum Gasteiger partial charge on any atom is 0.224 e. The molecule has 1 aliphatic carbocycles. The Morgan fingerprint density at radius 3 is 2.88 bits per heavy atom. The van der Waals surface area contributed by atoms with Crippen molar-refractivity contribution in [3.05, 3.63) is 34.3 Å². The fraction of sp³-hybridized carbons (Fsp3) is 0.462. The van der Waals surface area contributed by atoms with Gasteiger partial charge in [-0.1, -0.05) is 23.7 Å². The number of hydrogen-bond donors (Lipinski definition) is 2. The van der Waals surface area contributed by atoms with Crippen molar-refractivity contribution in [2.45, 2.75) is 31.8 Å². The van der Waals surface area contributed by atoms with Crippen LogP contribution in [0.1, 0.15) is 24.0 Å². The minimum absolute atomic E-state index is 0.0217. The van der Waals surface area contributed by atoms with Gasteiger partial charge >= 0.3 is 0 Å². The van der Waals surface area contributed by atoms with E-state index >= 15 is 0 Å². The van der Waals surface area contributed by atoms with Crippen LogP contribution in [0.4, 0.5) is 0 Å². The largest absolute Gasteiger partial charge is 0.359 e. The topological polar surface area (TPSA) is 41.1 Å². The Labute approximate surface area is 107 Å². The zero-order valence-electron chi connectivity index (χ0n) is 9.92. The molecule has 1 saturated carbocycles. The van der Waals surface area contributed by atoms with Crippen LogP contribution in [0.5, 0.6) is 0 Å². The van der Waals surface area contributed by atoms with Crippen LogP contribution in [0.15, 0.2) is 18.2 Å². The van der Waals surface area contributed by atoms with Crippen molar-refractivity contribution in [3.8, 4) is 0 Å². The number of rotatable bonds is 5. The Kier molecular flexibility index (Phi) is 4.02. The predicted molar refractivity (Wildman–Crippen MR) is 69.1 cm³/mol. The Morgan fingerprint density at radius 2 is 2.24 bits per heavy atom. The van der Waals surface area contributed by atoms with Crippen LogP contribution in [-0.2, 0) is 17.8 Å². The van der Waals surface area contributed by atoms with E-state index in [9.17, 15) is 4.79 Å². The summed E-state index contributed by atoms with van der Waals surface area (Å²) in [5.74, 6) is 0.0217. The minimum Gasteiger partial charge on any atom is -0.359 e. The summed E-state index contributed by atoms with van der Waals surface area (Å²) in [6.45, 7) is 0.783. The first-order valence-corrected chi connectivity index (χ1v) is 6.28. The van der Waals surface area contributed by atoms with Gasteiger partial charge in [-0.25, -0.2) is 0 Å². The van der Waals surface area contributed by atoms with Crippen LogP contribution in [0.2, 0.25) is 5.02 Å². The Hall–Kier alpha value is -1.06. The van der Waals surface area contributed by atoms with Crippen LogP contribution >= 0.6 is 11.6 Å². The lowest BCUT2D eigenvalue weighted by molar-refractivity contribution is -0.119. The number of halogens is 1. The van der Waals surface area contributed by atoms with Gasteiger partial charge in [0.15, 0.2) is 0 Å². The number of nitrogens with one attached hydrogen (secondary N) is 2. The highest BCUT2D eigenvalue weighted by Gasteiger charge is 2.20. The van der Waals surface area contributed by atoms with E-state index in [1.54, 1.807) is 7.05 Å². The number of benzene rings is 1. The average molecular weight is 253 g/mol. The lowest BCUT2D eigenvalue weighted by Gasteiger charge is -2.08. The number of hydrogen-bond acceptors (Lipinski definition) is 2. The zero-order valence-corrected chi connectivity index (χ0v) is 10.7. The smallest absolute Gasteiger partial charge is 0.224 e. The van der Waals surface area contributed by atoms with Crippen molar-refractivity contribution >= 4 is 17.5 Å². The fourth-order valence-corrected chi connectivity index (χ4v) is 1.87. The summed E-state index contributed by atoms with van der Waals surface area (Å²) in [7, 11) is 1.65. The third kappa shape index (κ3) is 3.72. The molecule has 0 aromatic heterocycles. The third-order valence-corrected chi connectivity index (χ3v) is 3.28. The lowest BCUT2D eigenvalue weighted by Crippen LogP contribution is -2.20. The Bertz CT molecular complexity index is 416. The van der Waals surface area contributed by atoms with Gasteiger partial charge in [-0.2, -0.15) is 0 Å². The van der Waals surface area contributed by atoms with Crippen molar-refractivity contribution in [2.24, 2.45) is 0 Å². The summed E-state index contributed by atoms with van der Waals surface area (Å²) in [4.78, 5) is 11.3. The van der Waals surface area contributed by atoms with E-state index in [1.165, 1.54) is 12.8 Å². The molecule has 4 heteroatoms. The molecule has 2 N–H and O–H groups in total. The Morgan fingerprint density at radius 1 is 1.47 bits per heavy atom. The van der Waals surface area contributed by atoms with E-state index in [0.717, 1.165) is 22.7 Å². The SMILES string of the molecule is CNC(=O)Cc1ccc(Cl)c(CNC2CC2)c1. The first-order chi connectivity index (χ1) is 8.19. The molecule has 92 valence electrons. The molecule has 0 heterocycles. The second kappa shape index (κ2) is 5.52. The minimum atomic E-state index is 0.0217. The zero-order chi connectivity index (χ0) is 12.3. The fourth-order valence-electron chi connectivity index (χ4n) is 1.69. The van der Waals surface area contributed by atoms with Gasteiger partial charge in [0.2, 0.25) is 5.91 Å². The van der Waals surface area contributed by atoms with Gasteiger partial charge in [0.1, 0.15) is 0 Å². The molecule has 0 bridgehead atoms. The monoisotopic (exact) mass is 252 g/mol. The van der Waals surface area contributed by atoms with Crippen LogP contribution in [0.3, 0.4) is 0 Å². The summed E-state index contributed by atoms with van der Waals surface area (Å²) in [5.41, 5.74) is 2.07. The number of carbonyl (C=O) groups is 1. The molecule has 0 aliphatic heterocycles. The normalized spacial score (nSPS) is 14.7. The van der Waals surface area contributed by atoms with Gasteiger partial charge in [0.05, 0.1) is 6.42 Å². The maximum absolute atomic E-state index is 11.3. The summed E-state index contributed by atoms with van der Waals surface area (Å²) in [6, 6.07) is 6.43. The lowest BCUT2D eigenvalue weighted by atomic mass is 10.1. The molecule has 0 spiro atoms. The molecular weight excluding hydrogens is 236 g/mol. The van der Waals surface area contributed by atoms with Crippen LogP contribution in [0, 0.1) is 0 Å². The van der Waals surface area contributed by atoms with Gasteiger partial charge in [-0.3, -0.25) is 4.79 Å². The highest BCUT2D eigenvalue weighted by Crippen LogP contribution is 2.22. The first-order valence-electron chi connectivity index (χ1n) is 5.90. The van der Waals surface area contributed by atoms with E-state index < -0.39 is 0 Å². The van der Waals surface area contributed by atoms with Crippen LogP contribution in [-0.4, -0.2) is 19.0 Å². The molecule has 0 atom stereocenters. The standard InChI is InChI=1S/C13H17ClN2O/c1-15-13(17)7-9-2-5-12(14)10(6-9)8-16-11-3-4-11/h2,5-6,11,16H,3-4,7-8H2,1H3,(H,15,17). The molecule has 0 radical (unpaired) electrons. The molecule has 3 nitrogen and oxygen atoms in total. The van der Waals surface area contributed by atoms with E-state index in [2.05, 4.69) is 10.6 Å². The van der Waals surface area contributed by atoms with Crippen molar-refractivity contribution in [2.75, 3.05) is 7.05 Å². The van der Waals surface area contributed by atoms with E-state index in [-0.39, 0.29) is 5.91 Å². The van der Waals surface area contributed by atoms with Gasteiger partial charge in [-0.15, -0.1) is 0 Å². The molecule has 1 fully saturated rings. The maximum atomic E-state index is 11.3. The van der Waals surface area contributed by atoms with E-state index in [4.69, 9.17) is 11.6 Å². The molecule has 0 saturated heterocycles. The van der Waals surface area contributed by atoms with Crippen molar-refractivity contribution in [3.63, 3.8) is 0 Å². The van der Waals surface area contributed by atoms with E-state index in [1.807, 2.05) is 18.2 Å². The van der Waals surface area contributed by atoms with Crippen molar-refractivity contribution in [1.82, 2.24) is 10.6 Å². The van der Waals surface area contributed by atoms with E-state index in [0.29, 0.717) is 12.5 Å². The number of amides is 1. The molecule has 1 aliphatic rings. The first kappa shape index (κ1) is 12.4. The second-order valence-electron chi connectivity index (χ2n) is 4.43. The van der Waals surface area contributed by atoms with Gasteiger partial charge in [0, 0.05) is 24.7 Å². The third-order valence-electron chi connectivity index (χ3n) is 2.91. The number of likely N-dealkylation sites (N-methyl/N-ethyl adjacent to an activating group) is 1. The van der Waals surface area contributed by atoms with Crippen LogP contribution < -0.4 is 10.6 Å². The molecule has 1 aromatic rings. The van der Waals surface area contributed by atoms with Gasteiger partial charge in [0.25, 0.3) is 0 Å². The van der Waals surface area contributed by atoms with Gasteiger partial charge in [-0.05, 0) is 30.0 Å². The summed E-state index contributed by atoms with van der Waals surface area (Å²) in [6.07, 6.45) is 2.93. The molecule has 1 aromatic carbocycles. The molecular formula is C13H17ClN2O. The summed E-state index contributed by atoms with van der Waals surface area (Å²) >= 11 is 6.13. The highest BCUT2D eigenvalue weighted by atomic mass is 35.5. The number of carbonyl (C=O) groups excluding carboxylic acids is 1. The molecule has 17 heavy (non-hydrogen) atoms. The van der Waals surface area contributed by atoms with Gasteiger partial charge < -0.3 is 10.6 Å². The van der Waals surface area contributed by atoms with Crippen molar-refractivity contribution < 1.29 is 4.79 Å². The predicted octanol–water partition coefficient (Wildman–Crippen LogP) is 1.88. The van der Waals surface area contributed by atoms with Crippen LogP contribution in [0.25, 0.3) is 0 Å². The quantitative estimate of drug-likeness (QED) is 0.840. The average Bonchev–Trinajstić information content (AvgIpc) is 3.13.